The second-order valence-electron chi connectivity index (χ2n) is 5.52. The van der Waals surface area contributed by atoms with E-state index in [2.05, 4.69) is 16.8 Å². The van der Waals surface area contributed by atoms with E-state index in [4.69, 9.17) is 16.2 Å². The van der Waals surface area contributed by atoms with E-state index >= 15 is 0 Å². The van der Waals surface area contributed by atoms with Gasteiger partial charge < -0.3 is 21.1 Å². The molecule has 1 saturated heterocycles. The van der Waals surface area contributed by atoms with Gasteiger partial charge in [0.25, 0.3) is 5.91 Å². The van der Waals surface area contributed by atoms with Gasteiger partial charge in [-0.15, -0.1) is 0 Å². The first-order valence-corrected chi connectivity index (χ1v) is 7.21. The van der Waals surface area contributed by atoms with E-state index in [1.54, 1.807) is 0 Å². The minimum Gasteiger partial charge on any atom is -0.484 e. The van der Waals surface area contributed by atoms with E-state index in [9.17, 15) is 4.79 Å². The molecule has 6 nitrogen and oxygen atoms in total. The summed E-state index contributed by atoms with van der Waals surface area (Å²) in [6.45, 7) is 4.56. The fourth-order valence-electron chi connectivity index (χ4n) is 2.56. The van der Waals surface area contributed by atoms with Crippen LogP contribution in [0, 0.1) is 0 Å². The standard InChI is InChI=1S/C15H24N4O2/c1-18-6-7-19(13(8-16)10-18)9-12-2-4-14(5-3-12)21-11-15(17)20/h2-5,13H,6-11,16H2,1H3,(H2,17,20). The first kappa shape index (κ1) is 15.8. The average molecular weight is 292 g/mol. The molecule has 6 heteroatoms. The molecule has 1 aliphatic rings. The Kier molecular flexibility index (Phi) is 5.55. The number of benzene rings is 1. The SMILES string of the molecule is CN1CCN(Cc2ccc(OCC(N)=O)cc2)C(CN)C1. The molecule has 1 aromatic carbocycles. The van der Waals surface area contributed by atoms with Crippen molar-refractivity contribution in [3.8, 4) is 5.75 Å². The van der Waals surface area contributed by atoms with E-state index in [0.29, 0.717) is 18.3 Å². The summed E-state index contributed by atoms with van der Waals surface area (Å²) in [7, 11) is 2.13. The van der Waals surface area contributed by atoms with Crippen LogP contribution in [-0.4, -0.2) is 61.6 Å². The van der Waals surface area contributed by atoms with Gasteiger partial charge >= 0.3 is 0 Å². The number of nitrogens with zero attached hydrogens (tertiary/aromatic N) is 2. The number of piperazine rings is 1. The van der Waals surface area contributed by atoms with Gasteiger partial charge in [-0.2, -0.15) is 0 Å². The lowest BCUT2D eigenvalue weighted by atomic mass is 10.1. The highest BCUT2D eigenvalue weighted by Gasteiger charge is 2.23. The first-order valence-electron chi connectivity index (χ1n) is 7.21. The minimum atomic E-state index is -0.470. The van der Waals surface area contributed by atoms with Gasteiger partial charge in [0, 0.05) is 38.8 Å². The number of amides is 1. The summed E-state index contributed by atoms with van der Waals surface area (Å²) in [5, 5.41) is 0. The molecule has 0 radical (unpaired) electrons. The van der Waals surface area contributed by atoms with Gasteiger partial charge in [-0.1, -0.05) is 12.1 Å². The van der Waals surface area contributed by atoms with Crippen LogP contribution in [0.2, 0.25) is 0 Å². The van der Waals surface area contributed by atoms with E-state index in [-0.39, 0.29) is 6.61 Å². The highest BCUT2D eigenvalue weighted by atomic mass is 16.5. The Hall–Kier alpha value is -1.63. The van der Waals surface area contributed by atoms with Crippen molar-refractivity contribution in [1.82, 2.24) is 9.80 Å². The molecule has 1 fully saturated rings. The molecule has 1 amide bonds. The number of carbonyl (C=O) groups is 1. The highest BCUT2D eigenvalue weighted by Crippen LogP contribution is 2.16. The monoisotopic (exact) mass is 292 g/mol. The van der Waals surface area contributed by atoms with Crippen LogP contribution in [0.25, 0.3) is 0 Å². The lowest BCUT2D eigenvalue weighted by Gasteiger charge is -2.39. The molecule has 1 heterocycles. The molecule has 0 aromatic heterocycles. The number of nitrogens with two attached hydrogens (primary N) is 2. The van der Waals surface area contributed by atoms with Crippen molar-refractivity contribution in [2.24, 2.45) is 11.5 Å². The molecule has 1 aliphatic heterocycles. The zero-order valence-electron chi connectivity index (χ0n) is 12.5. The van der Waals surface area contributed by atoms with Crippen LogP contribution >= 0.6 is 0 Å². The fraction of sp³-hybridized carbons (Fsp3) is 0.533. The van der Waals surface area contributed by atoms with E-state index in [0.717, 1.165) is 26.2 Å². The Morgan fingerprint density at radius 2 is 2.05 bits per heavy atom. The number of ether oxygens (including phenoxy) is 1. The zero-order valence-corrected chi connectivity index (χ0v) is 12.5. The van der Waals surface area contributed by atoms with Gasteiger partial charge in [0.05, 0.1) is 0 Å². The minimum absolute atomic E-state index is 0.0902. The van der Waals surface area contributed by atoms with Gasteiger partial charge in [0.15, 0.2) is 6.61 Å². The summed E-state index contributed by atoms with van der Waals surface area (Å²) >= 11 is 0. The van der Waals surface area contributed by atoms with Crippen LogP contribution < -0.4 is 16.2 Å². The topological polar surface area (TPSA) is 84.8 Å². The second kappa shape index (κ2) is 7.40. The van der Waals surface area contributed by atoms with Crippen LogP contribution in [-0.2, 0) is 11.3 Å². The van der Waals surface area contributed by atoms with Crippen molar-refractivity contribution in [2.75, 3.05) is 39.8 Å². The number of rotatable bonds is 6. The Bertz CT molecular complexity index is 463. The molecule has 0 saturated carbocycles. The average Bonchev–Trinajstić information content (AvgIpc) is 2.48. The van der Waals surface area contributed by atoms with Crippen molar-refractivity contribution < 1.29 is 9.53 Å². The number of likely N-dealkylation sites (N-methyl/N-ethyl adjacent to an activating group) is 1. The Labute approximate surface area is 125 Å². The molecular weight excluding hydrogens is 268 g/mol. The van der Waals surface area contributed by atoms with Crippen LogP contribution in [0.1, 0.15) is 5.56 Å². The molecule has 4 N–H and O–H groups in total. The summed E-state index contributed by atoms with van der Waals surface area (Å²) in [5.41, 5.74) is 12.1. The normalized spacial score (nSPS) is 20.4. The van der Waals surface area contributed by atoms with Gasteiger partial charge in [-0.05, 0) is 24.7 Å². The lowest BCUT2D eigenvalue weighted by Crippen LogP contribution is -2.54. The van der Waals surface area contributed by atoms with Crippen LogP contribution in [0.4, 0.5) is 0 Å². The highest BCUT2D eigenvalue weighted by molar-refractivity contribution is 5.75. The largest absolute Gasteiger partial charge is 0.484 e. The van der Waals surface area contributed by atoms with Crippen molar-refractivity contribution >= 4 is 5.91 Å². The third-order valence-electron chi connectivity index (χ3n) is 3.77. The summed E-state index contributed by atoms with van der Waals surface area (Å²) < 4.78 is 5.25. The maximum Gasteiger partial charge on any atom is 0.255 e. The van der Waals surface area contributed by atoms with Gasteiger partial charge in [0.2, 0.25) is 0 Å². The Balaban J connectivity index is 1.91. The Morgan fingerprint density at radius 1 is 1.33 bits per heavy atom. The number of primary amides is 1. The van der Waals surface area contributed by atoms with Gasteiger partial charge in [0.1, 0.15) is 5.75 Å². The van der Waals surface area contributed by atoms with Gasteiger partial charge in [-0.3, -0.25) is 9.69 Å². The van der Waals surface area contributed by atoms with E-state index in [1.807, 2.05) is 24.3 Å². The molecule has 21 heavy (non-hydrogen) atoms. The second-order valence-corrected chi connectivity index (χ2v) is 5.52. The molecule has 1 unspecified atom stereocenters. The summed E-state index contributed by atoms with van der Waals surface area (Å²) in [6.07, 6.45) is 0. The van der Waals surface area contributed by atoms with Crippen LogP contribution in [0.15, 0.2) is 24.3 Å². The van der Waals surface area contributed by atoms with Crippen molar-refractivity contribution in [3.63, 3.8) is 0 Å². The molecule has 0 aliphatic carbocycles. The maximum atomic E-state index is 10.7. The number of hydrogen-bond acceptors (Lipinski definition) is 5. The summed E-state index contributed by atoms with van der Waals surface area (Å²) in [5.74, 6) is 0.189. The van der Waals surface area contributed by atoms with Crippen LogP contribution in [0.3, 0.4) is 0 Å². The lowest BCUT2D eigenvalue weighted by molar-refractivity contribution is -0.119. The number of carbonyl (C=O) groups excluding carboxylic acids is 1. The summed E-state index contributed by atoms with van der Waals surface area (Å²) in [6, 6.07) is 8.16. The van der Waals surface area contributed by atoms with Gasteiger partial charge in [-0.25, -0.2) is 0 Å². The Morgan fingerprint density at radius 3 is 2.67 bits per heavy atom. The fourth-order valence-corrected chi connectivity index (χ4v) is 2.56. The molecule has 2 rings (SSSR count). The maximum absolute atomic E-state index is 10.7. The third-order valence-corrected chi connectivity index (χ3v) is 3.77. The van der Waals surface area contributed by atoms with Crippen LogP contribution in [0.5, 0.6) is 5.75 Å². The molecule has 116 valence electrons. The van der Waals surface area contributed by atoms with E-state index < -0.39 is 5.91 Å². The van der Waals surface area contributed by atoms with Crippen molar-refractivity contribution in [2.45, 2.75) is 12.6 Å². The predicted octanol–water partition coefficient (Wildman–Crippen LogP) is -0.375. The number of hydrogen-bond donors (Lipinski definition) is 2. The molecule has 1 atom stereocenters. The smallest absolute Gasteiger partial charge is 0.255 e. The molecular formula is C15H24N4O2. The first-order chi connectivity index (χ1) is 10.1. The molecule has 0 bridgehead atoms. The van der Waals surface area contributed by atoms with E-state index in [1.165, 1.54) is 5.56 Å². The van der Waals surface area contributed by atoms with Crippen molar-refractivity contribution in [3.05, 3.63) is 29.8 Å². The predicted molar refractivity (Wildman–Crippen MR) is 81.9 cm³/mol. The van der Waals surface area contributed by atoms with Crippen molar-refractivity contribution in [1.29, 1.82) is 0 Å². The molecule has 0 spiro atoms. The summed E-state index contributed by atoms with van der Waals surface area (Å²) in [4.78, 5) is 15.4. The zero-order chi connectivity index (χ0) is 15.2. The molecule has 1 aromatic rings. The quantitative estimate of drug-likeness (QED) is 0.747. The third kappa shape index (κ3) is 4.70.